The van der Waals surface area contributed by atoms with Gasteiger partial charge in [-0.1, -0.05) is 20.8 Å². The van der Waals surface area contributed by atoms with Gasteiger partial charge in [-0.3, -0.25) is 0 Å². The molecule has 0 saturated carbocycles. The Hall–Kier alpha value is 0.177. The molecule has 9 heavy (non-hydrogen) atoms. The second kappa shape index (κ2) is 8.18. The minimum atomic E-state index is -0.650. The van der Waals surface area contributed by atoms with Gasteiger partial charge in [0.15, 0.2) is 9.04 Å². The molecule has 0 aliphatic rings. The first kappa shape index (κ1) is 11.9. The van der Waals surface area contributed by atoms with Gasteiger partial charge < -0.3 is 4.43 Å². The van der Waals surface area contributed by atoms with Gasteiger partial charge in [0.25, 0.3) is 0 Å². The number of rotatable bonds is 1. The average Bonchev–Trinajstić information content (AvgIpc) is 1.65. The molecule has 0 spiro atoms. The Bertz CT molecular complexity index is 41.4. The quantitative estimate of drug-likeness (QED) is 0.518. The van der Waals surface area contributed by atoms with E-state index in [4.69, 9.17) is 4.43 Å². The SMILES string of the molecule is CC(C)C.CO[SiH](C)C. The smallest absolute Gasteiger partial charge is 0.170 e. The van der Waals surface area contributed by atoms with Crippen molar-refractivity contribution in [3.05, 3.63) is 0 Å². The highest BCUT2D eigenvalue weighted by molar-refractivity contribution is 6.48. The third-order valence-electron chi connectivity index (χ3n) is 0.471. The lowest BCUT2D eigenvalue weighted by molar-refractivity contribution is 0.430. The first-order chi connectivity index (χ1) is 4.00. The molecule has 1 nitrogen and oxygen atoms in total. The van der Waals surface area contributed by atoms with Crippen molar-refractivity contribution in [2.75, 3.05) is 7.11 Å². The monoisotopic (exact) mass is 148 g/mol. The lowest BCUT2D eigenvalue weighted by Gasteiger charge is -1.92. The van der Waals surface area contributed by atoms with Crippen molar-refractivity contribution in [3.63, 3.8) is 0 Å². The van der Waals surface area contributed by atoms with Crippen molar-refractivity contribution in [2.45, 2.75) is 33.9 Å². The molecular weight excluding hydrogens is 128 g/mol. The molecular formula is C7H20OSi. The predicted octanol–water partition coefficient (Wildman–Crippen LogP) is 2.28. The first-order valence-corrected chi connectivity index (χ1v) is 6.31. The molecule has 0 amide bonds. The lowest BCUT2D eigenvalue weighted by atomic mass is 10.3. The first-order valence-electron chi connectivity index (χ1n) is 3.53. The molecule has 0 unspecified atom stereocenters. The summed E-state index contributed by atoms with van der Waals surface area (Å²) in [5.74, 6) is 0.833. The summed E-state index contributed by atoms with van der Waals surface area (Å²) < 4.78 is 4.89. The van der Waals surface area contributed by atoms with E-state index < -0.39 is 9.04 Å². The van der Waals surface area contributed by atoms with Gasteiger partial charge in [0, 0.05) is 7.11 Å². The van der Waals surface area contributed by atoms with Crippen LogP contribution < -0.4 is 0 Å². The fourth-order valence-electron chi connectivity index (χ4n) is 0. The average molecular weight is 148 g/mol. The van der Waals surface area contributed by atoms with Gasteiger partial charge in [-0.05, 0) is 19.0 Å². The molecule has 0 heterocycles. The van der Waals surface area contributed by atoms with Crippen molar-refractivity contribution in [3.8, 4) is 0 Å². The van der Waals surface area contributed by atoms with E-state index in [1.54, 1.807) is 7.11 Å². The second-order valence-electron chi connectivity index (χ2n) is 3.02. The molecule has 0 aliphatic heterocycles. The molecule has 0 N–H and O–H groups in total. The van der Waals surface area contributed by atoms with E-state index >= 15 is 0 Å². The molecule has 2 heteroatoms. The van der Waals surface area contributed by atoms with E-state index in [2.05, 4.69) is 33.9 Å². The van der Waals surface area contributed by atoms with Gasteiger partial charge in [-0.25, -0.2) is 0 Å². The van der Waals surface area contributed by atoms with Crippen LogP contribution in [-0.4, -0.2) is 16.2 Å². The molecule has 0 aliphatic carbocycles. The molecule has 0 bridgehead atoms. The fourth-order valence-corrected chi connectivity index (χ4v) is 0. The standard InChI is InChI=1S/C4H10.C3H10OSi/c1-4(2)3;1-4-5(2)3/h4H,1-3H3;5H,1-3H3. The van der Waals surface area contributed by atoms with Gasteiger partial charge in [0.1, 0.15) is 0 Å². The topological polar surface area (TPSA) is 9.23 Å². The maximum Gasteiger partial charge on any atom is 0.170 e. The van der Waals surface area contributed by atoms with Crippen LogP contribution in [0.15, 0.2) is 0 Å². The van der Waals surface area contributed by atoms with Gasteiger partial charge in [0.05, 0.1) is 0 Å². The van der Waals surface area contributed by atoms with E-state index in [0.717, 1.165) is 5.92 Å². The van der Waals surface area contributed by atoms with Crippen molar-refractivity contribution in [1.29, 1.82) is 0 Å². The van der Waals surface area contributed by atoms with E-state index in [9.17, 15) is 0 Å². The minimum absolute atomic E-state index is 0.650. The van der Waals surface area contributed by atoms with E-state index in [1.807, 2.05) is 0 Å². The summed E-state index contributed by atoms with van der Waals surface area (Å²) >= 11 is 0. The van der Waals surface area contributed by atoms with Gasteiger partial charge in [0.2, 0.25) is 0 Å². The Balaban J connectivity index is 0. The Morgan fingerprint density at radius 2 is 1.22 bits per heavy atom. The van der Waals surface area contributed by atoms with Crippen molar-refractivity contribution in [2.24, 2.45) is 5.92 Å². The Kier molecular flexibility index (Phi) is 10.8. The van der Waals surface area contributed by atoms with E-state index in [1.165, 1.54) is 0 Å². The van der Waals surface area contributed by atoms with Crippen LogP contribution in [-0.2, 0) is 4.43 Å². The molecule has 0 aromatic carbocycles. The lowest BCUT2D eigenvalue weighted by Crippen LogP contribution is -2.00. The molecule has 0 atom stereocenters. The molecule has 0 radical (unpaired) electrons. The maximum atomic E-state index is 4.89. The highest BCUT2D eigenvalue weighted by Gasteiger charge is 1.83. The van der Waals surface area contributed by atoms with Crippen LogP contribution in [0.2, 0.25) is 13.1 Å². The molecule has 0 aromatic heterocycles. The van der Waals surface area contributed by atoms with Crippen LogP contribution in [0, 0.1) is 5.92 Å². The maximum absolute atomic E-state index is 4.89. The van der Waals surface area contributed by atoms with Crippen LogP contribution in [0.5, 0.6) is 0 Å². The van der Waals surface area contributed by atoms with Crippen molar-refractivity contribution >= 4 is 9.04 Å². The van der Waals surface area contributed by atoms with Crippen LogP contribution in [0.25, 0.3) is 0 Å². The summed E-state index contributed by atoms with van der Waals surface area (Å²) in [6.45, 7) is 10.8. The second-order valence-corrected chi connectivity index (χ2v) is 5.59. The minimum Gasteiger partial charge on any atom is -0.424 e. The number of hydrogen-bond donors (Lipinski definition) is 0. The van der Waals surface area contributed by atoms with E-state index in [-0.39, 0.29) is 0 Å². The Morgan fingerprint density at radius 1 is 1.11 bits per heavy atom. The van der Waals surface area contributed by atoms with Crippen LogP contribution in [0.3, 0.4) is 0 Å². The van der Waals surface area contributed by atoms with Crippen LogP contribution in [0.1, 0.15) is 20.8 Å². The zero-order valence-electron chi connectivity index (χ0n) is 7.56. The summed E-state index contributed by atoms with van der Waals surface area (Å²) in [6, 6.07) is 0. The van der Waals surface area contributed by atoms with Gasteiger partial charge >= 0.3 is 0 Å². The highest BCUT2D eigenvalue weighted by atomic mass is 28.3. The molecule has 0 aromatic rings. The normalized spacial score (nSPS) is 9.33. The summed E-state index contributed by atoms with van der Waals surface area (Å²) in [4.78, 5) is 0. The predicted molar refractivity (Wildman–Crippen MR) is 46.4 cm³/mol. The summed E-state index contributed by atoms with van der Waals surface area (Å²) in [7, 11) is 1.11. The molecule has 58 valence electrons. The summed E-state index contributed by atoms with van der Waals surface area (Å²) in [5, 5.41) is 0. The zero-order chi connectivity index (χ0) is 7.86. The Morgan fingerprint density at radius 3 is 1.22 bits per heavy atom. The van der Waals surface area contributed by atoms with Crippen LogP contribution >= 0.6 is 0 Å². The van der Waals surface area contributed by atoms with Gasteiger partial charge in [-0.2, -0.15) is 0 Å². The fraction of sp³-hybridized carbons (Fsp3) is 1.00. The van der Waals surface area contributed by atoms with Crippen LogP contribution in [0.4, 0.5) is 0 Å². The Labute approximate surface area is 61.1 Å². The third kappa shape index (κ3) is 65.8. The summed E-state index contributed by atoms with van der Waals surface area (Å²) in [5.41, 5.74) is 0. The zero-order valence-corrected chi connectivity index (χ0v) is 8.72. The van der Waals surface area contributed by atoms with Gasteiger partial charge in [-0.15, -0.1) is 0 Å². The largest absolute Gasteiger partial charge is 0.424 e. The molecule has 0 fully saturated rings. The van der Waals surface area contributed by atoms with E-state index in [0.29, 0.717) is 0 Å². The van der Waals surface area contributed by atoms with Crippen molar-refractivity contribution < 1.29 is 4.43 Å². The number of hydrogen-bond acceptors (Lipinski definition) is 1. The third-order valence-corrected chi connectivity index (χ3v) is 1.41. The molecule has 0 rings (SSSR count). The molecule has 0 saturated heterocycles. The highest BCUT2D eigenvalue weighted by Crippen LogP contribution is 1.81. The van der Waals surface area contributed by atoms with Crippen molar-refractivity contribution in [1.82, 2.24) is 0 Å². The summed E-state index contributed by atoms with van der Waals surface area (Å²) in [6.07, 6.45) is 0.